The number of ether oxygens (including phenoxy) is 2. The summed E-state index contributed by atoms with van der Waals surface area (Å²) in [5.74, 6) is -0.326. The number of fused-ring (bicyclic) bond motifs is 1. The molecule has 9 nitrogen and oxygen atoms in total. The summed E-state index contributed by atoms with van der Waals surface area (Å²) in [5.41, 5.74) is 0.664. The number of rotatable bonds is 3. The lowest BCUT2D eigenvalue weighted by Gasteiger charge is -2.40. The van der Waals surface area contributed by atoms with Gasteiger partial charge >= 0.3 is 13.2 Å². The van der Waals surface area contributed by atoms with Crippen molar-refractivity contribution in [2.75, 3.05) is 26.3 Å². The van der Waals surface area contributed by atoms with E-state index in [9.17, 15) is 14.7 Å². The van der Waals surface area contributed by atoms with Gasteiger partial charge in [-0.2, -0.15) is 0 Å². The van der Waals surface area contributed by atoms with Crippen molar-refractivity contribution in [3.05, 3.63) is 28.8 Å². The first-order chi connectivity index (χ1) is 17.4. The molecule has 0 saturated carbocycles. The molecule has 2 amide bonds. The van der Waals surface area contributed by atoms with Crippen molar-refractivity contribution in [3.8, 4) is 0 Å². The summed E-state index contributed by atoms with van der Waals surface area (Å²) in [6.07, 6.45) is 0.207. The second-order valence-electron chi connectivity index (χ2n) is 13.1. The van der Waals surface area contributed by atoms with Crippen LogP contribution in [0.1, 0.15) is 85.0 Å². The standard InChI is InChI=1S/C28H43BN2O7/c1-25(2,3)36-24(33)31-12-13-35-17-22(31)20-15-19(29-37-27(6,7)28(8,9)38-29)14-18-10-11-30(16-21(18)20)23(32)26(4,5)34/h14-15,22,34H,10-13,16-17H2,1-9H3/t22-/m0/s1. The molecule has 3 aliphatic heterocycles. The molecule has 3 aliphatic rings. The van der Waals surface area contributed by atoms with E-state index in [1.807, 2.05) is 54.5 Å². The topological polar surface area (TPSA) is 97.8 Å². The van der Waals surface area contributed by atoms with Crippen LogP contribution >= 0.6 is 0 Å². The SMILES string of the molecule is CC(C)(C)OC(=O)N1CCOC[C@H]1c1cc(B2OC(C)(C)C(C)(C)O2)cc2c1CN(C(=O)C(C)(C)O)CC2. The average Bonchev–Trinajstić information content (AvgIpc) is 3.02. The van der Waals surface area contributed by atoms with Gasteiger partial charge in [-0.05, 0) is 90.9 Å². The van der Waals surface area contributed by atoms with E-state index < -0.39 is 41.7 Å². The van der Waals surface area contributed by atoms with E-state index in [1.165, 1.54) is 13.8 Å². The summed E-state index contributed by atoms with van der Waals surface area (Å²) in [7, 11) is -0.570. The lowest BCUT2D eigenvalue weighted by Crippen LogP contribution is -2.49. The van der Waals surface area contributed by atoms with Crippen LogP contribution in [0.4, 0.5) is 4.79 Å². The Bertz CT molecular complexity index is 1070. The minimum atomic E-state index is -1.48. The summed E-state index contributed by atoms with van der Waals surface area (Å²) in [6, 6.07) is 3.70. The Morgan fingerprint density at radius 2 is 1.68 bits per heavy atom. The van der Waals surface area contributed by atoms with Gasteiger partial charge in [0.15, 0.2) is 0 Å². The molecule has 2 fully saturated rings. The smallest absolute Gasteiger partial charge is 0.444 e. The number of nitrogens with zero attached hydrogens (tertiary/aromatic N) is 2. The maximum Gasteiger partial charge on any atom is 0.494 e. The van der Waals surface area contributed by atoms with E-state index in [-0.39, 0.29) is 5.91 Å². The van der Waals surface area contributed by atoms with Crippen LogP contribution in [0.3, 0.4) is 0 Å². The molecule has 3 heterocycles. The molecule has 2 saturated heterocycles. The van der Waals surface area contributed by atoms with Gasteiger partial charge in [0.2, 0.25) is 0 Å². The molecular weight excluding hydrogens is 487 g/mol. The Hall–Kier alpha value is -2.14. The van der Waals surface area contributed by atoms with Crippen LogP contribution in [0.5, 0.6) is 0 Å². The second-order valence-corrected chi connectivity index (χ2v) is 13.1. The van der Waals surface area contributed by atoms with Crippen molar-refractivity contribution in [3.63, 3.8) is 0 Å². The molecule has 0 unspecified atom stereocenters. The van der Waals surface area contributed by atoms with E-state index >= 15 is 0 Å². The number of morpholine rings is 1. The molecule has 0 aromatic heterocycles. The number of carbonyl (C=O) groups excluding carboxylic acids is 2. The lowest BCUT2D eigenvalue weighted by atomic mass is 9.74. The van der Waals surface area contributed by atoms with Crippen molar-refractivity contribution >= 4 is 24.6 Å². The number of hydrogen-bond donors (Lipinski definition) is 1. The first-order valence-corrected chi connectivity index (χ1v) is 13.5. The van der Waals surface area contributed by atoms with Crippen LogP contribution in [0.15, 0.2) is 12.1 Å². The minimum Gasteiger partial charge on any atom is -0.444 e. The quantitative estimate of drug-likeness (QED) is 0.601. The third kappa shape index (κ3) is 5.73. The largest absolute Gasteiger partial charge is 0.494 e. The van der Waals surface area contributed by atoms with Gasteiger partial charge in [-0.3, -0.25) is 9.69 Å². The minimum absolute atomic E-state index is 0.304. The Balaban J connectivity index is 1.78. The predicted octanol–water partition coefficient (Wildman–Crippen LogP) is 2.95. The number of benzene rings is 1. The second kappa shape index (κ2) is 9.80. The number of aliphatic hydroxyl groups is 1. The van der Waals surface area contributed by atoms with Gasteiger partial charge in [-0.1, -0.05) is 12.1 Å². The molecule has 0 bridgehead atoms. The van der Waals surface area contributed by atoms with Gasteiger partial charge in [0, 0.05) is 19.6 Å². The van der Waals surface area contributed by atoms with Gasteiger partial charge in [0.05, 0.1) is 30.5 Å². The molecule has 1 atom stereocenters. The monoisotopic (exact) mass is 530 g/mol. The zero-order valence-electron chi connectivity index (χ0n) is 24.3. The fourth-order valence-corrected chi connectivity index (χ4v) is 5.10. The maximum atomic E-state index is 13.3. The normalized spacial score (nSPS) is 23.3. The molecule has 4 rings (SSSR count). The molecule has 1 aromatic rings. The van der Waals surface area contributed by atoms with Gasteiger partial charge in [-0.15, -0.1) is 0 Å². The average molecular weight is 530 g/mol. The molecule has 1 N–H and O–H groups in total. The molecule has 10 heteroatoms. The molecule has 210 valence electrons. The van der Waals surface area contributed by atoms with Crippen molar-refractivity contribution < 1.29 is 33.5 Å². The predicted molar refractivity (Wildman–Crippen MR) is 144 cm³/mol. The van der Waals surface area contributed by atoms with Crippen molar-refractivity contribution in [1.29, 1.82) is 0 Å². The van der Waals surface area contributed by atoms with Crippen LogP contribution in [0.2, 0.25) is 0 Å². The molecule has 0 radical (unpaired) electrons. The van der Waals surface area contributed by atoms with Crippen LogP contribution in [0.25, 0.3) is 0 Å². The summed E-state index contributed by atoms with van der Waals surface area (Å²) in [5, 5.41) is 10.4. The molecular formula is C28H43BN2O7. The Morgan fingerprint density at radius 1 is 1.05 bits per heavy atom. The van der Waals surface area contributed by atoms with E-state index in [0.717, 1.165) is 22.2 Å². The van der Waals surface area contributed by atoms with Gasteiger partial charge < -0.3 is 28.8 Å². The van der Waals surface area contributed by atoms with Crippen molar-refractivity contribution in [1.82, 2.24) is 9.80 Å². The summed E-state index contributed by atoms with van der Waals surface area (Å²) >= 11 is 0. The summed E-state index contributed by atoms with van der Waals surface area (Å²) < 4.78 is 24.4. The number of amides is 2. The third-order valence-electron chi connectivity index (χ3n) is 7.85. The molecule has 38 heavy (non-hydrogen) atoms. The van der Waals surface area contributed by atoms with Crippen LogP contribution in [0, 0.1) is 0 Å². The van der Waals surface area contributed by atoms with E-state index in [4.69, 9.17) is 18.8 Å². The maximum absolute atomic E-state index is 13.3. The van der Waals surface area contributed by atoms with Crippen molar-refractivity contribution in [2.45, 2.75) is 104 Å². The van der Waals surface area contributed by atoms with Gasteiger partial charge in [0.25, 0.3) is 5.91 Å². The highest BCUT2D eigenvalue weighted by Crippen LogP contribution is 2.38. The Kier molecular flexibility index (Phi) is 7.45. The highest BCUT2D eigenvalue weighted by atomic mass is 16.7. The van der Waals surface area contributed by atoms with E-state index in [2.05, 4.69) is 6.07 Å². The fraction of sp³-hybridized carbons (Fsp3) is 0.714. The summed E-state index contributed by atoms with van der Waals surface area (Å²) in [4.78, 5) is 29.7. The summed E-state index contributed by atoms with van der Waals surface area (Å²) in [6.45, 7) is 18.6. The first kappa shape index (κ1) is 28.9. The van der Waals surface area contributed by atoms with Gasteiger partial charge in [-0.25, -0.2) is 4.79 Å². The van der Waals surface area contributed by atoms with Crippen LogP contribution in [-0.4, -0.2) is 82.7 Å². The lowest BCUT2D eigenvalue weighted by molar-refractivity contribution is -0.148. The number of hydrogen-bond acceptors (Lipinski definition) is 7. The molecule has 0 aliphatic carbocycles. The molecule has 0 spiro atoms. The van der Waals surface area contributed by atoms with E-state index in [0.29, 0.717) is 39.3 Å². The van der Waals surface area contributed by atoms with E-state index in [1.54, 1.807) is 9.80 Å². The third-order valence-corrected chi connectivity index (χ3v) is 7.85. The first-order valence-electron chi connectivity index (χ1n) is 13.5. The Labute approximate surface area is 226 Å². The van der Waals surface area contributed by atoms with Crippen LogP contribution < -0.4 is 5.46 Å². The zero-order valence-corrected chi connectivity index (χ0v) is 24.3. The highest BCUT2D eigenvalue weighted by molar-refractivity contribution is 6.62. The van der Waals surface area contributed by atoms with Crippen LogP contribution in [-0.2, 0) is 36.5 Å². The highest BCUT2D eigenvalue weighted by Gasteiger charge is 2.52. The Morgan fingerprint density at radius 3 is 2.26 bits per heavy atom. The number of carbonyl (C=O) groups is 2. The zero-order chi connectivity index (χ0) is 28.3. The molecule has 1 aromatic carbocycles. The van der Waals surface area contributed by atoms with Crippen molar-refractivity contribution in [2.24, 2.45) is 0 Å². The fourth-order valence-electron chi connectivity index (χ4n) is 5.10. The van der Waals surface area contributed by atoms with Gasteiger partial charge in [0.1, 0.15) is 11.2 Å².